The van der Waals surface area contributed by atoms with E-state index in [1.54, 1.807) is 25.4 Å². The number of hydrogen-bond acceptors (Lipinski definition) is 7. The zero-order chi connectivity index (χ0) is 20.4. The first-order valence-corrected chi connectivity index (χ1v) is 9.95. The van der Waals surface area contributed by atoms with Crippen LogP contribution in [0.5, 0.6) is 0 Å². The Hall–Kier alpha value is -2.81. The predicted molar refractivity (Wildman–Crippen MR) is 104 cm³/mol. The molecular weight excluding hydrogens is 372 g/mol. The molecule has 4 rings (SSSR count). The Morgan fingerprint density at radius 1 is 1.28 bits per heavy atom. The molecule has 9 heteroatoms. The van der Waals surface area contributed by atoms with Gasteiger partial charge in [-0.05, 0) is 39.8 Å². The summed E-state index contributed by atoms with van der Waals surface area (Å²) in [5.41, 5.74) is 0.540. The van der Waals surface area contributed by atoms with Crippen LogP contribution in [0.15, 0.2) is 29.2 Å². The number of likely N-dealkylation sites (N-methyl/N-ethyl adjacent to an activating group) is 1. The third-order valence-electron chi connectivity index (χ3n) is 6.12. The number of hydrogen-bond donors (Lipinski definition) is 1. The van der Waals surface area contributed by atoms with E-state index in [1.807, 2.05) is 11.9 Å². The minimum absolute atomic E-state index is 0.0174. The van der Waals surface area contributed by atoms with Gasteiger partial charge >= 0.3 is 0 Å². The molecule has 2 amide bonds. The molecule has 2 aliphatic rings. The van der Waals surface area contributed by atoms with Gasteiger partial charge in [0.1, 0.15) is 17.8 Å². The minimum atomic E-state index is -0.601. The molecule has 1 N–H and O–H groups in total. The second kappa shape index (κ2) is 7.90. The number of amides is 2. The zero-order valence-corrected chi connectivity index (χ0v) is 16.8. The van der Waals surface area contributed by atoms with Crippen LogP contribution in [0.2, 0.25) is 0 Å². The fraction of sp³-hybridized carbons (Fsp3) is 0.550. The van der Waals surface area contributed by atoms with Crippen molar-refractivity contribution >= 4 is 11.8 Å². The van der Waals surface area contributed by atoms with E-state index >= 15 is 0 Å². The van der Waals surface area contributed by atoms with Crippen LogP contribution in [-0.4, -0.2) is 69.5 Å². The summed E-state index contributed by atoms with van der Waals surface area (Å²) in [7, 11) is 2.03. The maximum atomic E-state index is 13.4. The number of aryl methyl sites for hydroxylation is 1. The topological polar surface area (TPSA) is 104 Å². The van der Waals surface area contributed by atoms with E-state index in [0.29, 0.717) is 43.1 Å². The Balaban J connectivity index is 1.58. The van der Waals surface area contributed by atoms with Gasteiger partial charge in [-0.1, -0.05) is 5.16 Å². The molecule has 2 atom stereocenters. The molecule has 9 nitrogen and oxygen atoms in total. The molecule has 0 unspecified atom stereocenters. The van der Waals surface area contributed by atoms with Gasteiger partial charge in [0.2, 0.25) is 5.91 Å². The highest BCUT2D eigenvalue weighted by molar-refractivity contribution is 5.95. The molecule has 2 aliphatic heterocycles. The van der Waals surface area contributed by atoms with E-state index in [1.165, 1.54) is 6.26 Å². The van der Waals surface area contributed by atoms with E-state index in [0.717, 1.165) is 19.4 Å². The SMILES string of the molecule is Cc1ncc(C(=O)N2CCC[C@@]3(C(=O)NCc4ccon4)CCN(C)C[C@H]23)cn1. The van der Waals surface area contributed by atoms with Gasteiger partial charge in [-0.25, -0.2) is 9.97 Å². The number of piperidine rings is 2. The van der Waals surface area contributed by atoms with Crippen LogP contribution in [0, 0.1) is 12.3 Å². The third-order valence-corrected chi connectivity index (χ3v) is 6.12. The lowest BCUT2D eigenvalue weighted by atomic mass is 9.67. The molecular formula is C20H26N6O3. The molecule has 4 heterocycles. The summed E-state index contributed by atoms with van der Waals surface area (Å²) in [5, 5.41) is 6.88. The third kappa shape index (κ3) is 3.74. The molecule has 2 aromatic heterocycles. The first-order chi connectivity index (χ1) is 14.0. The largest absolute Gasteiger partial charge is 0.364 e. The van der Waals surface area contributed by atoms with Crippen molar-refractivity contribution in [2.45, 2.75) is 38.8 Å². The predicted octanol–water partition coefficient (Wildman–Crippen LogP) is 1.02. The molecule has 2 aromatic rings. The van der Waals surface area contributed by atoms with Crippen LogP contribution in [-0.2, 0) is 11.3 Å². The summed E-state index contributed by atoms with van der Waals surface area (Å²) in [6.45, 7) is 4.22. The van der Waals surface area contributed by atoms with Gasteiger partial charge in [-0.3, -0.25) is 9.59 Å². The van der Waals surface area contributed by atoms with Crippen LogP contribution in [0.4, 0.5) is 0 Å². The van der Waals surface area contributed by atoms with Gasteiger partial charge in [-0.2, -0.15) is 0 Å². The average molecular weight is 398 g/mol. The quantitative estimate of drug-likeness (QED) is 0.820. The second-order valence-corrected chi connectivity index (χ2v) is 7.98. The molecule has 29 heavy (non-hydrogen) atoms. The molecule has 0 spiro atoms. The lowest BCUT2D eigenvalue weighted by Gasteiger charge is -2.53. The highest BCUT2D eigenvalue weighted by Gasteiger charge is 2.53. The lowest BCUT2D eigenvalue weighted by molar-refractivity contribution is -0.142. The van der Waals surface area contributed by atoms with E-state index in [4.69, 9.17) is 4.52 Å². The van der Waals surface area contributed by atoms with E-state index in [-0.39, 0.29) is 17.9 Å². The smallest absolute Gasteiger partial charge is 0.257 e. The van der Waals surface area contributed by atoms with Crippen LogP contribution < -0.4 is 5.32 Å². The normalized spacial score (nSPS) is 24.8. The molecule has 0 aromatic carbocycles. The number of rotatable bonds is 4. The van der Waals surface area contributed by atoms with E-state index < -0.39 is 5.41 Å². The molecule has 0 radical (unpaired) electrons. The summed E-state index contributed by atoms with van der Waals surface area (Å²) in [6.07, 6.45) is 6.90. The number of nitrogens with one attached hydrogen (secondary N) is 1. The van der Waals surface area contributed by atoms with Crippen LogP contribution >= 0.6 is 0 Å². The van der Waals surface area contributed by atoms with Crippen LogP contribution in [0.1, 0.15) is 41.1 Å². The fourth-order valence-corrected chi connectivity index (χ4v) is 4.49. The van der Waals surface area contributed by atoms with Gasteiger partial charge in [-0.15, -0.1) is 0 Å². The molecule has 0 bridgehead atoms. The fourth-order valence-electron chi connectivity index (χ4n) is 4.49. The first kappa shape index (κ1) is 19.5. The Kier molecular flexibility index (Phi) is 5.31. The van der Waals surface area contributed by atoms with Gasteiger partial charge in [0.25, 0.3) is 5.91 Å². The zero-order valence-electron chi connectivity index (χ0n) is 16.8. The Morgan fingerprint density at radius 3 is 2.79 bits per heavy atom. The standard InChI is InChI=1S/C20H26N6O3/c1-14-21-10-15(11-22-14)18(27)26-7-3-5-20(6-8-25(2)13-17(20)26)19(28)23-12-16-4-9-29-24-16/h4,9-11,17H,3,5-8,12-13H2,1-2H3,(H,23,28)/t17-,20+/m0/s1. The molecule has 154 valence electrons. The Labute approximate surface area is 169 Å². The number of nitrogens with zero attached hydrogens (tertiary/aromatic N) is 5. The average Bonchev–Trinajstić information content (AvgIpc) is 3.25. The van der Waals surface area contributed by atoms with Crippen molar-refractivity contribution in [2.75, 3.05) is 26.7 Å². The maximum Gasteiger partial charge on any atom is 0.257 e. The van der Waals surface area contributed by atoms with E-state index in [9.17, 15) is 9.59 Å². The van der Waals surface area contributed by atoms with Crippen molar-refractivity contribution in [3.8, 4) is 0 Å². The first-order valence-electron chi connectivity index (χ1n) is 9.95. The van der Waals surface area contributed by atoms with Crippen molar-refractivity contribution in [3.05, 3.63) is 41.8 Å². The monoisotopic (exact) mass is 398 g/mol. The Morgan fingerprint density at radius 2 is 2.07 bits per heavy atom. The number of carbonyl (C=O) groups is 2. The summed E-state index contributed by atoms with van der Waals surface area (Å²) in [4.78, 5) is 39.0. The maximum absolute atomic E-state index is 13.4. The van der Waals surface area contributed by atoms with Crippen molar-refractivity contribution in [1.82, 2.24) is 30.2 Å². The number of fused-ring (bicyclic) bond motifs is 1. The van der Waals surface area contributed by atoms with Crippen molar-refractivity contribution < 1.29 is 14.1 Å². The summed E-state index contributed by atoms with van der Waals surface area (Å²) >= 11 is 0. The number of aromatic nitrogens is 3. The summed E-state index contributed by atoms with van der Waals surface area (Å²) in [5.74, 6) is 0.495. The molecule has 2 fully saturated rings. The number of carbonyl (C=O) groups excluding carboxylic acids is 2. The van der Waals surface area contributed by atoms with Gasteiger partial charge in [0.05, 0.1) is 23.6 Å². The Bertz CT molecular complexity index is 869. The van der Waals surface area contributed by atoms with Crippen LogP contribution in [0.25, 0.3) is 0 Å². The lowest BCUT2D eigenvalue weighted by Crippen LogP contribution is -2.66. The van der Waals surface area contributed by atoms with Crippen molar-refractivity contribution in [3.63, 3.8) is 0 Å². The summed E-state index contributed by atoms with van der Waals surface area (Å²) < 4.78 is 4.84. The highest BCUT2D eigenvalue weighted by atomic mass is 16.5. The van der Waals surface area contributed by atoms with Crippen molar-refractivity contribution in [1.29, 1.82) is 0 Å². The molecule has 2 saturated heterocycles. The second-order valence-electron chi connectivity index (χ2n) is 7.98. The number of likely N-dealkylation sites (tertiary alicyclic amines) is 2. The highest BCUT2D eigenvalue weighted by Crippen LogP contribution is 2.43. The van der Waals surface area contributed by atoms with Gasteiger partial charge in [0.15, 0.2) is 0 Å². The summed E-state index contributed by atoms with van der Waals surface area (Å²) in [6, 6.07) is 1.54. The van der Waals surface area contributed by atoms with E-state index in [2.05, 4.69) is 25.3 Å². The van der Waals surface area contributed by atoms with Gasteiger partial charge < -0.3 is 19.6 Å². The van der Waals surface area contributed by atoms with Crippen LogP contribution in [0.3, 0.4) is 0 Å². The van der Waals surface area contributed by atoms with Gasteiger partial charge in [0, 0.05) is 31.5 Å². The minimum Gasteiger partial charge on any atom is -0.364 e. The van der Waals surface area contributed by atoms with Crippen molar-refractivity contribution in [2.24, 2.45) is 5.41 Å². The molecule has 0 saturated carbocycles. The molecule has 0 aliphatic carbocycles.